The highest BCUT2D eigenvalue weighted by Crippen LogP contribution is 2.37. The molecule has 180 valence electrons. The van der Waals surface area contributed by atoms with Gasteiger partial charge in [-0.2, -0.15) is 0 Å². The quantitative estimate of drug-likeness (QED) is 0.287. The van der Waals surface area contributed by atoms with E-state index in [1.165, 1.54) is 4.90 Å². The summed E-state index contributed by atoms with van der Waals surface area (Å²) in [5.41, 5.74) is 3.66. The third-order valence-corrected chi connectivity index (χ3v) is 6.80. The Bertz CT molecular complexity index is 1270. The molecule has 0 spiro atoms. The number of carbonyl (C=O) groups excluding carboxylic acids is 2. The molecule has 0 saturated carbocycles. The molecule has 0 aliphatic carbocycles. The number of nitrogens with zero attached hydrogens (tertiary/aromatic N) is 1. The Morgan fingerprint density at radius 3 is 2.37 bits per heavy atom. The molecule has 3 aromatic carbocycles. The van der Waals surface area contributed by atoms with E-state index in [9.17, 15) is 9.59 Å². The Balaban J connectivity index is 1.41. The number of aryl methyl sites for hydroxylation is 2. The third kappa shape index (κ3) is 6.20. The molecule has 3 aromatic rings. The lowest BCUT2D eigenvalue weighted by molar-refractivity contribution is -0.123. The van der Waals surface area contributed by atoms with Crippen molar-refractivity contribution < 1.29 is 19.1 Å². The molecule has 1 heterocycles. The fourth-order valence-electron chi connectivity index (χ4n) is 3.48. The maximum absolute atomic E-state index is 12.8. The average molecular weight is 528 g/mol. The molecule has 1 aliphatic rings. The fourth-order valence-corrected chi connectivity index (χ4v) is 4.96. The lowest BCUT2D eigenvalue weighted by Gasteiger charge is -2.14. The van der Waals surface area contributed by atoms with Crippen LogP contribution in [0, 0.1) is 13.8 Å². The van der Waals surface area contributed by atoms with E-state index in [1.807, 2.05) is 62.4 Å². The van der Waals surface area contributed by atoms with Gasteiger partial charge < -0.3 is 9.47 Å². The van der Waals surface area contributed by atoms with Crippen LogP contribution in [0.2, 0.25) is 10.0 Å². The standard InChI is InChI=1S/C27H23Cl2NO4S/c1-17-8-9-18(2)23(12-17)33-11-10-30-26(31)24(35-27(30)32)15-20-13-21(28)25(22(29)14-20)34-16-19-6-4-3-5-7-19/h3-9,12-15H,10-11,16H2,1-2H3/b24-15-. The highest BCUT2D eigenvalue weighted by atomic mass is 35.5. The first-order chi connectivity index (χ1) is 16.8. The van der Waals surface area contributed by atoms with Crippen molar-refractivity contribution >= 4 is 52.2 Å². The van der Waals surface area contributed by atoms with E-state index in [1.54, 1.807) is 18.2 Å². The van der Waals surface area contributed by atoms with Crippen LogP contribution in [0.5, 0.6) is 11.5 Å². The summed E-state index contributed by atoms with van der Waals surface area (Å²) in [5, 5.41) is 0.299. The molecule has 0 aromatic heterocycles. The van der Waals surface area contributed by atoms with Crippen molar-refractivity contribution in [1.82, 2.24) is 4.90 Å². The summed E-state index contributed by atoms with van der Waals surface area (Å²) in [6.45, 7) is 4.62. The van der Waals surface area contributed by atoms with Crippen LogP contribution in [0.25, 0.3) is 6.08 Å². The second-order valence-corrected chi connectivity index (χ2v) is 9.85. The highest BCUT2D eigenvalue weighted by molar-refractivity contribution is 8.18. The molecule has 1 saturated heterocycles. The van der Waals surface area contributed by atoms with Gasteiger partial charge in [0.05, 0.1) is 21.5 Å². The average Bonchev–Trinajstić information content (AvgIpc) is 3.08. The summed E-state index contributed by atoms with van der Waals surface area (Å²) in [6, 6.07) is 18.9. The normalized spacial score (nSPS) is 14.6. The molecule has 4 rings (SSSR count). The molecule has 8 heteroatoms. The van der Waals surface area contributed by atoms with Crippen LogP contribution in [0.15, 0.2) is 65.6 Å². The van der Waals surface area contributed by atoms with E-state index in [4.69, 9.17) is 32.7 Å². The van der Waals surface area contributed by atoms with Gasteiger partial charge in [-0.3, -0.25) is 14.5 Å². The molecule has 1 aliphatic heterocycles. The van der Waals surface area contributed by atoms with Crippen LogP contribution >= 0.6 is 35.0 Å². The molecule has 2 amide bonds. The van der Waals surface area contributed by atoms with Crippen molar-refractivity contribution in [3.05, 3.63) is 97.9 Å². The second-order valence-electron chi connectivity index (χ2n) is 8.04. The van der Waals surface area contributed by atoms with E-state index in [-0.39, 0.29) is 24.3 Å². The first-order valence-electron chi connectivity index (χ1n) is 10.9. The molecular formula is C27H23Cl2NO4S. The van der Waals surface area contributed by atoms with Crippen molar-refractivity contribution in [2.75, 3.05) is 13.2 Å². The van der Waals surface area contributed by atoms with Gasteiger partial charge in [0.2, 0.25) is 0 Å². The molecule has 0 atom stereocenters. The van der Waals surface area contributed by atoms with E-state index < -0.39 is 0 Å². The van der Waals surface area contributed by atoms with Crippen LogP contribution in [0.4, 0.5) is 4.79 Å². The smallest absolute Gasteiger partial charge is 0.293 e. The van der Waals surface area contributed by atoms with Crippen LogP contribution < -0.4 is 9.47 Å². The SMILES string of the molecule is Cc1ccc(C)c(OCCN2C(=O)S/C(=C\c3cc(Cl)c(OCc4ccccc4)c(Cl)c3)C2=O)c1. The highest BCUT2D eigenvalue weighted by Gasteiger charge is 2.35. The summed E-state index contributed by atoms with van der Waals surface area (Å²) >= 11 is 13.7. The molecule has 35 heavy (non-hydrogen) atoms. The number of benzene rings is 3. The summed E-state index contributed by atoms with van der Waals surface area (Å²) in [7, 11) is 0. The number of ether oxygens (including phenoxy) is 2. The zero-order chi connectivity index (χ0) is 24.9. The van der Waals surface area contributed by atoms with Crippen LogP contribution in [0.3, 0.4) is 0 Å². The topological polar surface area (TPSA) is 55.8 Å². The molecule has 1 fully saturated rings. The van der Waals surface area contributed by atoms with Crippen molar-refractivity contribution in [2.24, 2.45) is 0 Å². The fraction of sp³-hybridized carbons (Fsp3) is 0.185. The molecule has 0 radical (unpaired) electrons. The van der Waals surface area contributed by atoms with Gasteiger partial charge in [0.15, 0.2) is 5.75 Å². The first kappa shape index (κ1) is 25.2. The Kier molecular flexibility index (Phi) is 8.06. The van der Waals surface area contributed by atoms with E-state index in [2.05, 4.69) is 0 Å². The summed E-state index contributed by atoms with van der Waals surface area (Å²) in [5.74, 6) is 0.735. The van der Waals surface area contributed by atoms with Gasteiger partial charge in [0.25, 0.3) is 11.1 Å². The van der Waals surface area contributed by atoms with Crippen LogP contribution in [-0.2, 0) is 11.4 Å². The molecular weight excluding hydrogens is 505 g/mol. The Hall–Kier alpha value is -2.93. The lowest BCUT2D eigenvalue weighted by Crippen LogP contribution is -2.32. The maximum atomic E-state index is 12.8. The first-order valence-corrected chi connectivity index (χ1v) is 12.5. The van der Waals surface area contributed by atoms with Crippen molar-refractivity contribution in [1.29, 1.82) is 0 Å². The van der Waals surface area contributed by atoms with Gasteiger partial charge in [0.1, 0.15) is 19.0 Å². The van der Waals surface area contributed by atoms with Crippen LogP contribution in [-0.4, -0.2) is 29.2 Å². The number of carbonyl (C=O) groups is 2. The number of hydrogen-bond donors (Lipinski definition) is 0. The molecule has 0 N–H and O–H groups in total. The van der Waals surface area contributed by atoms with Gasteiger partial charge in [-0.15, -0.1) is 0 Å². The van der Waals surface area contributed by atoms with E-state index >= 15 is 0 Å². The molecule has 0 bridgehead atoms. The number of rotatable bonds is 8. The number of thioether (sulfide) groups is 1. The van der Waals surface area contributed by atoms with Crippen LogP contribution in [0.1, 0.15) is 22.3 Å². The largest absolute Gasteiger partial charge is 0.491 e. The van der Waals surface area contributed by atoms with Gasteiger partial charge in [0, 0.05) is 0 Å². The molecule has 5 nitrogen and oxygen atoms in total. The minimum Gasteiger partial charge on any atom is -0.491 e. The maximum Gasteiger partial charge on any atom is 0.293 e. The molecule has 0 unspecified atom stereocenters. The number of hydrogen-bond acceptors (Lipinski definition) is 5. The van der Waals surface area contributed by atoms with Gasteiger partial charge >= 0.3 is 0 Å². The number of amides is 2. The van der Waals surface area contributed by atoms with Crippen molar-refractivity contribution in [2.45, 2.75) is 20.5 Å². The summed E-state index contributed by atoms with van der Waals surface area (Å²) < 4.78 is 11.6. The minimum absolute atomic E-state index is 0.156. The minimum atomic E-state index is -0.374. The third-order valence-electron chi connectivity index (χ3n) is 5.33. The summed E-state index contributed by atoms with van der Waals surface area (Å²) in [4.78, 5) is 26.8. The number of imide groups is 1. The van der Waals surface area contributed by atoms with Crippen molar-refractivity contribution in [3.8, 4) is 11.5 Å². The Labute approximate surface area is 218 Å². The Morgan fingerprint density at radius 2 is 1.66 bits per heavy atom. The predicted molar refractivity (Wildman–Crippen MR) is 141 cm³/mol. The zero-order valence-corrected chi connectivity index (χ0v) is 21.5. The van der Waals surface area contributed by atoms with Gasteiger partial charge in [-0.1, -0.05) is 65.7 Å². The monoisotopic (exact) mass is 527 g/mol. The van der Waals surface area contributed by atoms with E-state index in [0.717, 1.165) is 34.2 Å². The summed E-state index contributed by atoms with van der Waals surface area (Å²) in [6.07, 6.45) is 1.61. The van der Waals surface area contributed by atoms with Crippen molar-refractivity contribution in [3.63, 3.8) is 0 Å². The predicted octanol–water partition coefficient (Wildman–Crippen LogP) is 7.30. The lowest BCUT2D eigenvalue weighted by atomic mass is 10.1. The van der Waals surface area contributed by atoms with E-state index in [0.29, 0.717) is 32.9 Å². The zero-order valence-electron chi connectivity index (χ0n) is 19.2. The second kappa shape index (κ2) is 11.2. The number of halogens is 2. The Morgan fingerprint density at radius 1 is 0.943 bits per heavy atom. The van der Waals surface area contributed by atoms with Gasteiger partial charge in [-0.05, 0) is 72.1 Å². The van der Waals surface area contributed by atoms with Gasteiger partial charge in [-0.25, -0.2) is 0 Å².